The third-order valence-electron chi connectivity index (χ3n) is 6.61. The van der Waals surface area contributed by atoms with Gasteiger partial charge in [-0.3, -0.25) is 13.7 Å². The summed E-state index contributed by atoms with van der Waals surface area (Å²) in [6.07, 6.45) is -11.5. The first-order valence-corrected chi connectivity index (χ1v) is 16.0. The number of anilines is 2. The molecule has 23 heteroatoms. The Balaban J connectivity index is 0.00000221. The molecule has 6 heterocycles. The van der Waals surface area contributed by atoms with Crippen molar-refractivity contribution in [1.82, 2.24) is 29.1 Å². The van der Waals surface area contributed by atoms with Crippen LogP contribution in [0.5, 0.6) is 0 Å². The van der Waals surface area contributed by atoms with Gasteiger partial charge in [-0.25, -0.2) is 28.5 Å². The summed E-state index contributed by atoms with van der Waals surface area (Å²) in [5.41, 5.74) is 10.5. The Labute approximate surface area is 253 Å². The van der Waals surface area contributed by atoms with Gasteiger partial charge in [0.15, 0.2) is 36.3 Å². The highest BCUT2D eigenvalue weighted by Crippen LogP contribution is 2.51. The molecule has 3 aromatic rings. The van der Waals surface area contributed by atoms with Crippen LogP contribution in [0.3, 0.4) is 0 Å². The maximum Gasteiger partial charge on any atom is 0.351 e. The van der Waals surface area contributed by atoms with Crippen LogP contribution >= 0.6 is 14.5 Å². The minimum absolute atomic E-state index is 0. The molecular weight excluding hydrogens is 656 g/mol. The molecule has 240 valence electrons. The van der Waals surface area contributed by atoms with Gasteiger partial charge in [-0.2, -0.15) is 4.98 Å². The van der Waals surface area contributed by atoms with Gasteiger partial charge in [0, 0.05) is 21.1 Å². The van der Waals surface area contributed by atoms with Crippen molar-refractivity contribution >= 4 is 49.1 Å². The zero-order valence-electron chi connectivity index (χ0n) is 22.8. The number of halogens is 2. The topological polar surface area (TPSA) is 249 Å². The molecule has 6 rings (SSSR count). The van der Waals surface area contributed by atoms with Gasteiger partial charge in [-0.1, -0.05) is 11.8 Å². The molecule has 4 bridgehead atoms. The number of hydrogen-bond donors (Lipinski definition) is 2. The molecule has 3 fully saturated rings. The predicted molar refractivity (Wildman–Crippen MR) is 147 cm³/mol. The van der Waals surface area contributed by atoms with E-state index < -0.39 is 82.7 Å². The molecule has 3 aliphatic heterocycles. The van der Waals surface area contributed by atoms with Gasteiger partial charge in [-0.15, -0.1) is 0 Å². The summed E-state index contributed by atoms with van der Waals surface area (Å²) < 4.78 is 77.5. The van der Waals surface area contributed by atoms with E-state index in [1.165, 1.54) is 6.07 Å². The fourth-order valence-corrected chi connectivity index (χ4v) is 6.99. The molecule has 0 aliphatic carbocycles. The van der Waals surface area contributed by atoms with Gasteiger partial charge in [-0.05, 0) is 6.07 Å². The van der Waals surface area contributed by atoms with Crippen molar-refractivity contribution < 1.29 is 50.7 Å². The Morgan fingerprint density at radius 2 is 1.57 bits per heavy atom. The standard InChI is InChI=1S/C19H22F2N8O10P2S.2CH3/c20-10-8-4-35-41(33,42)39-14-11(21)7(36-17(14)28-2-1-9(22)27-19(28)30)3-34-40(31,32)38-13(10)18(37-8)29-6-26-12-15(23)24-5-25-16(12)29;;/h1-2,5-8,10-11,13-14,17-18H,3-4H2,(H,31,32)(H,33,42)(H2,22,27,30)(H2,23,24,25);2*1H3/q;2*+1/p-2/t7-,8-,10-,11-,13-,14-,17-,18-,41?;;/m1../s1. The molecular formula is C21H26F2N8O10P2S. The van der Waals surface area contributed by atoms with Crippen molar-refractivity contribution in [2.75, 3.05) is 24.7 Å². The first kappa shape index (κ1) is 34.1. The third-order valence-corrected chi connectivity index (χ3v) is 9.12. The first-order chi connectivity index (χ1) is 19.8. The van der Waals surface area contributed by atoms with E-state index in [9.17, 15) is 19.1 Å². The number of nitrogens with two attached hydrogens (primary N) is 2. The second-order valence-corrected chi connectivity index (χ2v) is 13.3. The number of phosphoric acid groups is 1. The maximum absolute atomic E-state index is 15.7. The summed E-state index contributed by atoms with van der Waals surface area (Å²) in [6, 6.07) is 1.20. The highest BCUT2D eigenvalue weighted by atomic mass is 32.5. The van der Waals surface area contributed by atoms with E-state index in [1.54, 1.807) is 0 Å². The van der Waals surface area contributed by atoms with Crippen LogP contribution in [0, 0.1) is 14.9 Å². The fourth-order valence-electron chi connectivity index (χ4n) is 4.70. The number of ether oxygens (including phenoxy) is 2. The van der Waals surface area contributed by atoms with Crippen molar-refractivity contribution in [2.24, 2.45) is 0 Å². The quantitative estimate of drug-likeness (QED) is 0.255. The number of rotatable bonds is 2. The largest absolute Gasteiger partial charge is 0.780 e. The summed E-state index contributed by atoms with van der Waals surface area (Å²) in [5, 5.41) is 0. The van der Waals surface area contributed by atoms with Gasteiger partial charge < -0.3 is 48.8 Å². The molecule has 0 aromatic carbocycles. The van der Waals surface area contributed by atoms with Gasteiger partial charge >= 0.3 is 5.69 Å². The molecule has 0 spiro atoms. The first-order valence-electron chi connectivity index (χ1n) is 12.0. The highest BCUT2D eigenvalue weighted by Gasteiger charge is 2.52. The zero-order chi connectivity index (χ0) is 30.0. The highest BCUT2D eigenvalue weighted by molar-refractivity contribution is 8.06. The Bertz CT molecular complexity index is 1670. The SMILES string of the molecule is Nc1ccn([C@@H]2O[C@@H]3COP(=O)([O-])O[C@@H]4[C@H](F)[C@@H](COP([O-])(=S)O[C@@H]2[C@@H]3F)O[C@H]4n2cnc3c(N)ncnc32)c(=O)n1.[CH3+].[CH3+]. The van der Waals surface area contributed by atoms with E-state index in [-0.39, 0.29) is 37.7 Å². The average molecular weight is 682 g/mol. The number of alkyl halides is 2. The van der Waals surface area contributed by atoms with Crippen LogP contribution in [-0.2, 0) is 43.9 Å². The normalized spacial score (nSPS) is 37.5. The summed E-state index contributed by atoms with van der Waals surface area (Å²) in [4.78, 5) is 53.8. The predicted octanol–water partition coefficient (Wildman–Crippen LogP) is -0.510. The molecule has 10 atom stereocenters. The monoisotopic (exact) mass is 682 g/mol. The Morgan fingerprint density at radius 1 is 0.955 bits per heavy atom. The molecule has 44 heavy (non-hydrogen) atoms. The van der Waals surface area contributed by atoms with Crippen LogP contribution in [0.1, 0.15) is 12.5 Å². The number of nitrogens with zero attached hydrogens (tertiary/aromatic N) is 6. The Morgan fingerprint density at radius 3 is 2.23 bits per heavy atom. The van der Waals surface area contributed by atoms with E-state index in [1.807, 2.05) is 0 Å². The summed E-state index contributed by atoms with van der Waals surface area (Å²) >= 11 is 4.92. The van der Waals surface area contributed by atoms with Crippen molar-refractivity contribution in [3.05, 3.63) is 50.3 Å². The summed E-state index contributed by atoms with van der Waals surface area (Å²) in [7, 11) is -5.41. The summed E-state index contributed by atoms with van der Waals surface area (Å²) in [6.45, 7) is -6.51. The van der Waals surface area contributed by atoms with E-state index in [0.717, 1.165) is 28.0 Å². The lowest BCUT2D eigenvalue weighted by atomic mass is 10.1. The molecule has 0 amide bonds. The van der Waals surface area contributed by atoms with Crippen molar-refractivity contribution in [3.8, 4) is 0 Å². The van der Waals surface area contributed by atoms with Crippen molar-refractivity contribution in [2.45, 2.75) is 49.2 Å². The number of nitrogen functional groups attached to an aromatic ring is 2. The van der Waals surface area contributed by atoms with Crippen molar-refractivity contribution in [3.63, 3.8) is 0 Å². The van der Waals surface area contributed by atoms with Crippen molar-refractivity contribution in [1.29, 1.82) is 0 Å². The Kier molecular flexibility index (Phi) is 9.70. The average Bonchev–Trinajstić information content (AvgIpc) is 3.57. The third kappa shape index (κ3) is 6.31. The lowest BCUT2D eigenvalue weighted by Crippen LogP contribution is -2.38. The number of hydrogen-bond acceptors (Lipinski definition) is 17. The van der Waals surface area contributed by atoms with Gasteiger partial charge in [0.25, 0.3) is 7.82 Å². The van der Waals surface area contributed by atoms with E-state index in [0.29, 0.717) is 0 Å². The number of aromatic nitrogens is 6. The lowest BCUT2D eigenvalue weighted by molar-refractivity contribution is -0.236. The van der Waals surface area contributed by atoms with Crippen LogP contribution in [0.2, 0.25) is 0 Å². The number of imidazole rings is 1. The van der Waals surface area contributed by atoms with Crippen LogP contribution in [0.15, 0.2) is 29.7 Å². The second kappa shape index (κ2) is 12.5. The molecule has 4 N–H and O–H groups in total. The summed E-state index contributed by atoms with van der Waals surface area (Å²) in [5.74, 6) is -0.172. The second-order valence-electron chi connectivity index (χ2n) is 9.27. The maximum atomic E-state index is 15.7. The molecule has 2 unspecified atom stereocenters. The zero-order valence-corrected chi connectivity index (χ0v) is 25.4. The van der Waals surface area contributed by atoms with Crippen LogP contribution in [-0.4, -0.2) is 79.0 Å². The Hall–Kier alpha value is -2.81. The molecule has 18 nitrogen and oxygen atoms in total. The smallest absolute Gasteiger partial charge is 0.351 e. The lowest BCUT2D eigenvalue weighted by Gasteiger charge is -2.34. The molecule has 3 aromatic heterocycles. The number of phosphoric ester groups is 1. The minimum atomic E-state index is -5.41. The fraction of sp³-hybridized carbons (Fsp3) is 0.476. The molecule has 3 aliphatic rings. The molecule has 0 saturated carbocycles. The van der Waals surface area contributed by atoms with Crippen LogP contribution in [0.4, 0.5) is 20.4 Å². The van der Waals surface area contributed by atoms with Gasteiger partial charge in [0.1, 0.15) is 48.8 Å². The number of fused-ring (bicyclic) bond motifs is 5. The molecule has 3 saturated heterocycles. The van der Waals surface area contributed by atoms with E-state index in [4.69, 9.17) is 50.8 Å². The van der Waals surface area contributed by atoms with E-state index in [2.05, 4.69) is 19.9 Å². The van der Waals surface area contributed by atoms with Gasteiger partial charge in [0.05, 0.1) is 19.5 Å². The minimum Gasteiger partial charge on any atom is -0.780 e. The van der Waals surface area contributed by atoms with E-state index >= 15 is 8.78 Å². The van der Waals surface area contributed by atoms with Crippen LogP contribution < -0.4 is 26.9 Å². The molecule has 0 radical (unpaired) electrons. The van der Waals surface area contributed by atoms with Crippen LogP contribution in [0.25, 0.3) is 11.2 Å². The van der Waals surface area contributed by atoms with Gasteiger partial charge in [0.2, 0.25) is 0 Å².